The average molecular weight is 238 g/mol. The third-order valence-electron chi connectivity index (χ3n) is 1.96. The fourth-order valence-corrected chi connectivity index (χ4v) is 1.71. The summed E-state index contributed by atoms with van der Waals surface area (Å²) in [4.78, 5) is 4.28. The highest BCUT2D eigenvalue weighted by molar-refractivity contribution is 9.10. The highest BCUT2D eigenvalue weighted by Gasteiger charge is 2.03. The Hall–Kier alpha value is -1.09. The molecule has 0 saturated carbocycles. The monoisotopic (exact) mass is 237 g/mol. The predicted octanol–water partition coefficient (Wildman–Crippen LogP) is 3.01. The van der Waals surface area contributed by atoms with Crippen molar-refractivity contribution in [2.45, 2.75) is 6.92 Å². The lowest BCUT2D eigenvalue weighted by molar-refractivity contribution is 0.469. The van der Waals surface area contributed by atoms with E-state index in [1.807, 2.05) is 18.2 Å². The fraction of sp³-hybridized carbons (Fsp3) is 0.100. The number of aromatic hydroxyl groups is 1. The van der Waals surface area contributed by atoms with Gasteiger partial charge < -0.3 is 5.11 Å². The summed E-state index contributed by atoms with van der Waals surface area (Å²) < 4.78 is 0.952. The largest absolute Gasteiger partial charge is 0.506 e. The van der Waals surface area contributed by atoms with Crippen LogP contribution in [0.1, 0.15) is 5.69 Å². The molecule has 3 heteroatoms. The topological polar surface area (TPSA) is 33.1 Å². The number of rotatable bonds is 0. The van der Waals surface area contributed by atoms with E-state index in [1.165, 1.54) is 0 Å². The lowest BCUT2D eigenvalue weighted by Gasteiger charge is -2.02. The molecule has 0 aliphatic rings. The minimum Gasteiger partial charge on any atom is -0.506 e. The third-order valence-corrected chi connectivity index (χ3v) is 2.60. The highest BCUT2D eigenvalue weighted by Crippen LogP contribution is 2.26. The SMILES string of the molecule is Cc1nc2c(Br)cccc2cc1O. The van der Waals surface area contributed by atoms with Crippen LogP contribution < -0.4 is 0 Å². The molecule has 0 aliphatic heterocycles. The van der Waals surface area contributed by atoms with Crippen molar-refractivity contribution >= 4 is 26.8 Å². The number of halogens is 1. The zero-order chi connectivity index (χ0) is 9.42. The van der Waals surface area contributed by atoms with Gasteiger partial charge in [-0.2, -0.15) is 0 Å². The maximum absolute atomic E-state index is 9.43. The molecule has 0 aliphatic carbocycles. The standard InChI is InChI=1S/C10H8BrNO/c1-6-9(13)5-7-3-2-4-8(11)10(7)12-6/h2-5,13H,1H3. The number of nitrogens with zero attached hydrogens (tertiary/aromatic N) is 1. The van der Waals surface area contributed by atoms with Crippen LogP contribution in [-0.2, 0) is 0 Å². The first-order valence-electron chi connectivity index (χ1n) is 3.93. The zero-order valence-corrected chi connectivity index (χ0v) is 8.67. The Balaban J connectivity index is 2.89. The lowest BCUT2D eigenvalue weighted by atomic mass is 10.2. The van der Waals surface area contributed by atoms with E-state index < -0.39 is 0 Å². The molecule has 0 unspecified atom stereocenters. The minimum absolute atomic E-state index is 0.241. The van der Waals surface area contributed by atoms with E-state index in [4.69, 9.17) is 0 Å². The van der Waals surface area contributed by atoms with Crippen LogP contribution in [0.4, 0.5) is 0 Å². The summed E-state index contributed by atoms with van der Waals surface area (Å²) in [6.07, 6.45) is 0. The summed E-state index contributed by atoms with van der Waals surface area (Å²) in [5.74, 6) is 0.241. The first kappa shape index (κ1) is 8.51. The van der Waals surface area contributed by atoms with Crippen molar-refractivity contribution in [2.75, 3.05) is 0 Å². The fourth-order valence-electron chi connectivity index (χ4n) is 1.24. The molecule has 66 valence electrons. The van der Waals surface area contributed by atoms with Gasteiger partial charge in [-0.1, -0.05) is 12.1 Å². The number of aromatic nitrogens is 1. The van der Waals surface area contributed by atoms with Gasteiger partial charge in [0, 0.05) is 9.86 Å². The van der Waals surface area contributed by atoms with Gasteiger partial charge in [0.15, 0.2) is 0 Å². The van der Waals surface area contributed by atoms with E-state index in [1.54, 1.807) is 13.0 Å². The van der Waals surface area contributed by atoms with E-state index in [0.717, 1.165) is 15.4 Å². The molecule has 0 fully saturated rings. The van der Waals surface area contributed by atoms with Gasteiger partial charge in [-0.25, -0.2) is 4.98 Å². The minimum atomic E-state index is 0.241. The Morgan fingerprint density at radius 2 is 2.15 bits per heavy atom. The molecule has 1 N–H and O–H groups in total. The van der Waals surface area contributed by atoms with Gasteiger partial charge in [0.1, 0.15) is 5.75 Å². The maximum atomic E-state index is 9.43. The van der Waals surface area contributed by atoms with Crippen LogP contribution in [-0.4, -0.2) is 10.1 Å². The normalized spacial score (nSPS) is 10.6. The molecule has 1 heterocycles. The van der Waals surface area contributed by atoms with E-state index in [2.05, 4.69) is 20.9 Å². The summed E-state index contributed by atoms with van der Waals surface area (Å²) in [5, 5.41) is 10.4. The lowest BCUT2D eigenvalue weighted by Crippen LogP contribution is -1.85. The summed E-state index contributed by atoms with van der Waals surface area (Å²) in [7, 11) is 0. The van der Waals surface area contributed by atoms with Crippen LogP contribution in [0.3, 0.4) is 0 Å². The van der Waals surface area contributed by atoms with E-state index in [9.17, 15) is 5.11 Å². The summed E-state index contributed by atoms with van der Waals surface area (Å²) in [5.41, 5.74) is 1.54. The number of fused-ring (bicyclic) bond motifs is 1. The van der Waals surface area contributed by atoms with Crippen molar-refractivity contribution in [1.82, 2.24) is 4.98 Å². The van der Waals surface area contributed by atoms with Crippen molar-refractivity contribution in [2.24, 2.45) is 0 Å². The quantitative estimate of drug-likeness (QED) is 0.765. The molecule has 0 saturated heterocycles. The first-order valence-corrected chi connectivity index (χ1v) is 4.72. The third kappa shape index (κ3) is 1.40. The van der Waals surface area contributed by atoms with Crippen molar-refractivity contribution in [3.05, 3.63) is 34.4 Å². The van der Waals surface area contributed by atoms with Crippen LogP contribution in [0.5, 0.6) is 5.75 Å². The molecule has 2 aromatic rings. The Labute approximate surface area is 84.4 Å². The molecule has 0 atom stereocenters. The van der Waals surface area contributed by atoms with Gasteiger partial charge in [-0.3, -0.25) is 0 Å². The first-order chi connectivity index (χ1) is 6.18. The van der Waals surface area contributed by atoms with Gasteiger partial charge in [0.05, 0.1) is 11.2 Å². The van der Waals surface area contributed by atoms with Gasteiger partial charge in [-0.15, -0.1) is 0 Å². The number of para-hydroxylation sites is 1. The van der Waals surface area contributed by atoms with Crippen LogP contribution >= 0.6 is 15.9 Å². The van der Waals surface area contributed by atoms with Crippen molar-refractivity contribution in [3.63, 3.8) is 0 Å². The Bertz CT molecular complexity index is 468. The zero-order valence-electron chi connectivity index (χ0n) is 7.08. The molecule has 13 heavy (non-hydrogen) atoms. The molecular weight excluding hydrogens is 230 g/mol. The molecule has 1 aromatic carbocycles. The van der Waals surface area contributed by atoms with Crippen LogP contribution in [0.25, 0.3) is 10.9 Å². The van der Waals surface area contributed by atoms with E-state index >= 15 is 0 Å². The molecule has 0 amide bonds. The molecule has 2 nitrogen and oxygen atoms in total. The van der Waals surface area contributed by atoms with E-state index in [0.29, 0.717) is 5.69 Å². The van der Waals surface area contributed by atoms with Gasteiger partial charge in [0.2, 0.25) is 0 Å². The number of hydrogen-bond acceptors (Lipinski definition) is 2. The summed E-state index contributed by atoms with van der Waals surface area (Å²) in [6.45, 7) is 1.79. The predicted molar refractivity (Wildman–Crippen MR) is 55.8 cm³/mol. The molecular formula is C10H8BrNO. The second-order valence-corrected chi connectivity index (χ2v) is 3.76. The van der Waals surface area contributed by atoms with Gasteiger partial charge in [-0.05, 0) is 35.0 Å². The smallest absolute Gasteiger partial charge is 0.137 e. The van der Waals surface area contributed by atoms with Crippen molar-refractivity contribution in [3.8, 4) is 5.75 Å². The summed E-state index contributed by atoms with van der Waals surface area (Å²) >= 11 is 3.41. The highest BCUT2D eigenvalue weighted by atomic mass is 79.9. The number of hydrogen-bond donors (Lipinski definition) is 1. The average Bonchev–Trinajstić information content (AvgIpc) is 2.09. The second-order valence-electron chi connectivity index (χ2n) is 2.90. The number of aryl methyl sites for hydroxylation is 1. The van der Waals surface area contributed by atoms with Crippen LogP contribution in [0.15, 0.2) is 28.7 Å². The number of benzene rings is 1. The number of pyridine rings is 1. The van der Waals surface area contributed by atoms with E-state index in [-0.39, 0.29) is 5.75 Å². The van der Waals surface area contributed by atoms with Crippen molar-refractivity contribution < 1.29 is 5.11 Å². The van der Waals surface area contributed by atoms with Gasteiger partial charge in [0.25, 0.3) is 0 Å². The molecule has 2 rings (SSSR count). The van der Waals surface area contributed by atoms with Crippen LogP contribution in [0, 0.1) is 6.92 Å². The molecule has 0 spiro atoms. The second kappa shape index (κ2) is 3.00. The Morgan fingerprint density at radius 3 is 2.92 bits per heavy atom. The molecule has 1 aromatic heterocycles. The van der Waals surface area contributed by atoms with Gasteiger partial charge >= 0.3 is 0 Å². The van der Waals surface area contributed by atoms with Crippen molar-refractivity contribution in [1.29, 1.82) is 0 Å². The molecule has 0 bridgehead atoms. The van der Waals surface area contributed by atoms with Crippen LogP contribution in [0.2, 0.25) is 0 Å². The Morgan fingerprint density at radius 1 is 1.38 bits per heavy atom. The Kier molecular flexibility index (Phi) is 1.96. The molecule has 0 radical (unpaired) electrons. The summed E-state index contributed by atoms with van der Waals surface area (Å²) in [6, 6.07) is 7.50. The maximum Gasteiger partial charge on any atom is 0.137 e.